The number of ether oxygens (including phenoxy) is 1. The Labute approximate surface area is 126 Å². The van der Waals surface area contributed by atoms with Crippen LogP contribution < -0.4 is 16.6 Å². The predicted octanol–water partition coefficient (Wildman–Crippen LogP) is 1.67. The molecule has 20 heavy (non-hydrogen) atoms. The van der Waals surface area contributed by atoms with Gasteiger partial charge in [-0.25, -0.2) is 10.8 Å². The van der Waals surface area contributed by atoms with Crippen molar-refractivity contribution in [3.8, 4) is 0 Å². The summed E-state index contributed by atoms with van der Waals surface area (Å²) in [5, 5.41) is 3.02. The fourth-order valence-electron chi connectivity index (χ4n) is 2.35. The molecule has 0 saturated carbocycles. The first-order chi connectivity index (χ1) is 9.61. The molecular formula is C13H19BrN4O2. The average molecular weight is 343 g/mol. The standard InChI is InChI=1S/C13H19BrN4O2/c1-8(9-2-4-20-5-3-9)17-13(19)11-6-10(14)7-16-12(11)18-15/h6-9H,2-5,15H2,1H3,(H,16,18)(H,17,19). The van der Waals surface area contributed by atoms with Gasteiger partial charge in [0.2, 0.25) is 0 Å². The van der Waals surface area contributed by atoms with E-state index in [1.54, 1.807) is 12.3 Å². The number of carbonyl (C=O) groups is 1. The summed E-state index contributed by atoms with van der Waals surface area (Å²) in [6.07, 6.45) is 3.54. The van der Waals surface area contributed by atoms with Crippen molar-refractivity contribution in [3.05, 3.63) is 22.3 Å². The van der Waals surface area contributed by atoms with Crippen LogP contribution in [0.1, 0.15) is 30.1 Å². The predicted molar refractivity (Wildman–Crippen MR) is 80.2 cm³/mol. The van der Waals surface area contributed by atoms with E-state index in [-0.39, 0.29) is 11.9 Å². The Morgan fingerprint density at radius 3 is 2.90 bits per heavy atom. The molecule has 1 saturated heterocycles. The Balaban J connectivity index is 2.05. The molecule has 1 aliphatic heterocycles. The summed E-state index contributed by atoms with van der Waals surface area (Å²) in [4.78, 5) is 16.4. The summed E-state index contributed by atoms with van der Waals surface area (Å²) in [5.41, 5.74) is 2.87. The second kappa shape index (κ2) is 7.01. The van der Waals surface area contributed by atoms with E-state index in [0.717, 1.165) is 30.5 Å². The first-order valence-corrected chi connectivity index (χ1v) is 7.42. The summed E-state index contributed by atoms with van der Waals surface area (Å²) in [6.45, 7) is 3.55. The van der Waals surface area contributed by atoms with Crippen LogP contribution >= 0.6 is 15.9 Å². The number of nitrogens with one attached hydrogen (secondary N) is 2. The highest BCUT2D eigenvalue weighted by Gasteiger charge is 2.23. The number of hydrogen-bond donors (Lipinski definition) is 3. The SMILES string of the molecule is CC(NC(=O)c1cc(Br)cnc1NN)C1CCOCC1. The lowest BCUT2D eigenvalue weighted by molar-refractivity contribution is 0.0538. The highest BCUT2D eigenvalue weighted by molar-refractivity contribution is 9.10. The van der Waals surface area contributed by atoms with Crippen LogP contribution in [0.5, 0.6) is 0 Å². The number of nitrogen functional groups attached to an aromatic ring is 1. The van der Waals surface area contributed by atoms with Gasteiger partial charge in [0.15, 0.2) is 5.82 Å². The number of hydrogen-bond acceptors (Lipinski definition) is 5. The molecule has 1 fully saturated rings. The summed E-state index contributed by atoms with van der Waals surface area (Å²) in [6, 6.07) is 1.80. The average Bonchev–Trinajstić information content (AvgIpc) is 2.48. The van der Waals surface area contributed by atoms with Gasteiger partial charge in [0.25, 0.3) is 5.91 Å². The lowest BCUT2D eigenvalue weighted by atomic mass is 9.93. The first-order valence-electron chi connectivity index (χ1n) is 6.62. The maximum atomic E-state index is 12.3. The van der Waals surface area contributed by atoms with Crippen LogP contribution in [0.2, 0.25) is 0 Å². The molecule has 6 nitrogen and oxygen atoms in total. The van der Waals surface area contributed by atoms with Crippen molar-refractivity contribution < 1.29 is 9.53 Å². The highest BCUT2D eigenvalue weighted by atomic mass is 79.9. The van der Waals surface area contributed by atoms with Crippen molar-refractivity contribution in [2.75, 3.05) is 18.6 Å². The van der Waals surface area contributed by atoms with Crippen molar-refractivity contribution in [2.45, 2.75) is 25.8 Å². The van der Waals surface area contributed by atoms with Gasteiger partial charge in [-0.15, -0.1) is 0 Å². The van der Waals surface area contributed by atoms with Crippen LogP contribution in [0.4, 0.5) is 5.82 Å². The number of rotatable bonds is 4. The zero-order valence-corrected chi connectivity index (χ0v) is 12.9. The van der Waals surface area contributed by atoms with E-state index < -0.39 is 0 Å². The molecule has 0 aromatic carbocycles. The molecule has 1 aromatic rings. The van der Waals surface area contributed by atoms with Gasteiger partial charge < -0.3 is 15.5 Å². The molecular weight excluding hydrogens is 324 g/mol. The van der Waals surface area contributed by atoms with Gasteiger partial charge in [-0.1, -0.05) is 0 Å². The maximum absolute atomic E-state index is 12.3. The quantitative estimate of drug-likeness (QED) is 0.572. The first kappa shape index (κ1) is 15.2. The van der Waals surface area contributed by atoms with E-state index in [1.165, 1.54) is 0 Å². The van der Waals surface area contributed by atoms with Gasteiger partial charge in [0.1, 0.15) is 0 Å². The summed E-state index contributed by atoms with van der Waals surface area (Å²) < 4.78 is 6.07. The van der Waals surface area contributed by atoms with Crippen LogP contribution in [-0.2, 0) is 4.74 Å². The van der Waals surface area contributed by atoms with E-state index in [1.807, 2.05) is 6.92 Å². The fraction of sp³-hybridized carbons (Fsp3) is 0.538. The van der Waals surface area contributed by atoms with E-state index >= 15 is 0 Å². The van der Waals surface area contributed by atoms with Crippen molar-refractivity contribution in [1.82, 2.24) is 10.3 Å². The van der Waals surface area contributed by atoms with Crippen LogP contribution in [0.15, 0.2) is 16.7 Å². The zero-order valence-electron chi connectivity index (χ0n) is 11.4. The number of aromatic nitrogens is 1. The molecule has 0 aliphatic carbocycles. The number of halogens is 1. The number of nitrogens with two attached hydrogens (primary N) is 1. The number of pyridine rings is 1. The van der Waals surface area contributed by atoms with Crippen molar-refractivity contribution in [3.63, 3.8) is 0 Å². The Bertz CT molecular complexity index is 477. The van der Waals surface area contributed by atoms with Crippen LogP contribution in [0, 0.1) is 5.92 Å². The third-order valence-corrected chi connectivity index (χ3v) is 4.00. The molecule has 4 N–H and O–H groups in total. The molecule has 1 atom stereocenters. The minimum absolute atomic E-state index is 0.0935. The summed E-state index contributed by atoms with van der Waals surface area (Å²) in [5.74, 6) is 6.02. The molecule has 110 valence electrons. The topological polar surface area (TPSA) is 89.3 Å². The maximum Gasteiger partial charge on any atom is 0.255 e. The number of nitrogens with zero attached hydrogens (tertiary/aromatic N) is 1. The van der Waals surface area contributed by atoms with Crippen molar-refractivity contribution >= 4 is 27.7 Å². The number of carbonyl (C=O) groups excluding carboxylic acids is 1. The third-order valence-electron chi connectivity index (χ3n) is 3.57. The largest absolute Gasteiger partial charge is 0.381 e. The van der Waals surface area contributed by atoms with Gasteiger partial charge in [-0.3, -0.25) is 4.79 Å². The minimum atomic E-state index is -0.175. The Morgan fingerprint density at radius 1 is 1.55 bits per heavy atom. The van der Waals surface area contributed by atoms with Crippen LogP contribution in [0.25, 0.3) is 0 Å². The molecule has 2 heterocycles. The highest BCUT2D eigenvalue weighted by Crippen LogP contribution is 2.21. The molecule has 0 radical (unpaired) electrons. The molecule has 1 amide bonds. The Kier molecular flexibility index (Phi) is 5.33. The van der Waals surface area contributed by atoms with E-state index in [2.05, 4.69) is 31.7 Å². The number of amides is 1. The summed E-state index contributed by atoms with van der Waals surface area (Å²) in [7, 11) is 0. The normalized spacial score (nSPS) is 17.6. The van der Waals surface area contributed by atoms with E-state index in [0.29, 0.717) is 17.3 Å². The fourth-order valence-corrected chi connectivity index (χ4v) is 2.68. The molecule has 0 bridgehead atoms. The Morgan fingerprint density at radius 2 is 2.25 bits per heavy atom. The van der Waals surface area contributed by atoms with Gasteiger partial charge >= 0.3 is 0 Å². The van der Waals surface area contributed by atoms with Gasteiger partial charge in [0.05, 0.1) is 5.56 Å². The number of hydrazine groups is 1. The van der Waals surface area contributed by atoms with E-state index in [9.17, 15) is 4.79 Å². The zero-order chi connectivity index (χ0) is 14.5. The van der Waals surface area contributed by atoms with Gasteiger partial charge in [-0.2, -0.15) is 0 Å². The molecule has 0 spiro atoms. The molecule has 2 rings (SSSR count). The molecule has 1 aromatic heterocycles. The lowest BCUT2D eigenvalue weighted by Crippen LogP contribution is -2.40. The van der Waals surface area contributed by atoms with Crippen LogP contribution in [0.3, 0.4) is 0 Å². The third kappa shape index (κ3) is 3.68. The van der Waals surface area contributed by atoms with Crippen LogP contribution in [-0.4, -0.2) is 30.1 Å². The smallest absolute Gasteiger partial charge is 0.255 e. The van der Waals surface area contributed by atoms with Crippen molar-refractivity contribution in [1.29, 1.82) is 0 Å². The molecule has 1 aliphatic rings. The second-order valence-electron chi connectivity index (χ2n) is 4.91. The molecule has 1 unspecified atom stereocenters. The monoisotopic (exact) mass is 342 g/mol. The second-order valence-corrected chi connectivity index (χ2v) is 5.82. The lowest BCUT2D eigenvalue weighted by Gasteiger charge is -2.28. The minimum Gasteiger partial charge on any atom is -0.381 e. The molecule has 7 heteroatoms. The van der Waals surface area contributed by atoms with Gasteiger partial charge in [0, 0.05) is 29.9 Å². The van der Waals surface area contributed by atoms with E-state index in [4.69, 9.17) is 10.6 Å². The number of anilines is 1. The van der Waals surface area contributed by atoms with Crippen molar-refractivity contribution in [2.24, 2.45) is 11.8 Å². The summed E-state index contributed by atoms with van der Waals surface area (Å²) >= 11 is 3.31. The Hall–Kier alpha value is -1.18. The van der Waals surface area contributed by atoms with Gasteiger partial charge in [-0.05, 0) is 47.7 Å².